The van der Waals surface area contributed by atoms with Gasteiger partial charge in [-0.15, -0.1) is 0 Å². The van der Waals surface area contributed by atoms with Gasteiger partial charge in [-0.3, -0.25) is 9.30 Å². The van der Waals surface area contributed by atoms with Gasteiger partial charge in [0, 0.05) is 43.0 Å². The lowest BCUT2D eigenvalue weighted by Gasteiger charge is -2.37. The highest BCUT2D eigenvalue weighted by atomic mass is 79.9. The summed E-state index contributed by atoms with van der Waals surface area (Å²) >= 11 is 3.60. The summed E-state index contributed by atoms with van der Waals surface area (Å²) in [4.78, 5) is 35.4. The molecule has 0 unspecified atom stereocenters. The predicted molar refractivity (Wildman–Crippen MR) is 142 cm³/mol. The van der Waals surface area contributed by atoms with E-state index in [9.17, 15) is 9.59 Å². The van der Waals surface area contributed by atoms with E-state index in [0.29, 0.717) is 47.9 Å². The molecular formula is C26H32BrN5O5. The summed E-state index contributed by atoms with van der Waals surface area (Å²) in [6.45, 7) is 6.24. The molecule has 2 aromatic heterocycles. The maximum absolute atomic E-state index is 12.9. The number of hydrogen-bond donors (Lipinski definition) is 1. The van der Waals surface area contributed by atoms with Crippen LogP contribution in [0.1, 0.15) is 50.9 Å². The first kappa shape index (κ1) is 26.7. The second-order valence-corrected chi connectivity index (χ2v) is 10.6. The molecule has 3 aromatic rings. The highest BCUT2D eigenvalue weighted by molar-refractivity contribution is 9.10. The summed E-state index contributed by atoms with van der Waals surface area (Å²) in [7, 11) is 3.24. The molecule has 1 amide bonds. The van der Waals surface area contributed by atoms with Crippen molar-refractivity contribution in [3.05, 3.63) is 46.6 Å². The molecule has 4 rings (SSSR count). The molecule has 0 saturated carbocycles. The van der Waals surface area contributed by atoms with E-state index in [1.54, 1.807) is 20.4 Å². The van der Waals surface area contributed by atoms with Crippen molar-refractivity contribution in [2.75, 3.05) is 26.1 Å². The standard InChI is InChI=1S/C26H32BrN5O5/c1-26(2,3)37-25(34)32-14-17(6-8-18(32)15-33)24-30-22(27)21-23(28-10-11-31(21)24)29-13-16-7-9-19(35-4)12-20(16)36-5/h7,9-12,15,17-18H,6,8,13-14H2,1-5H3,(H,28,29)/t17-,18+/m1/s1. The van der Waals surface area contributed by atoms with E-state index in [1.165, 1.54) is 4.90 Å². The molecule has 1 aliphatic rings. The van der Waals surface area contributed by atoms with Gasteiger partial charge in [-0.25, -0.2) is 14.8 Å². The number of ether oxygens (including phenoxy) is 3. The molecule has 10 nitrogen and oxygen atoms in total. The van der Waals surface area contributed by atoms with Crippen LogP contribution in [0.25, 0.3) is 5.52 Å². The number of nitrogens with one attached hydrogen (secondary N) is 1. The Morgan fingerprint density at radius 2 is 2.03 bits per heavy atom. The van der Waals surface area contributed by atoms with Gasteiger partial charge in [0.25, 0.3) is 0 Å². The minimum Gasteiger partial charge on any atom is -0.497 e. The van der Waals surface area contributed by atoms with Crippen LogP contribution >= 0.6 is 15.9 Å². The molecule has 11 heteroatoms. The predicted octanol–water partition coefficient (Wildman–Crippen LogP) is 4.80. The average molecular weight is 574 g/mol. The average Bonchev–Trinajstić information content (AvgIpc) is 3.22. The molecule has 1 aliphatic heterocycles. The highest BCUT2D eigenvalue weighted by Crippen LogP contribution is 2.34. The van der Waals surface area contributed by atoms with Gasteiger partial charge in [0.05, 0.1) is 20.3 Å². The zero-order valence-electron chi connectivity index (χ0n) is 21.7. The number of anilines is 1. The third-order valence-corrected chi connectivity index (χ3v) is 6.81. The van der Waals surface area contributed by atoms with Crippen molar-refractivity contribution in [3.63, 3.8) is 0 Å². The lowest BCUT2D eigenvalue weighted by atomic mass is 9.93. The molecule has 1 aromatic carbocycles. The second kappa shape index (κ2) is 11.0. The van der Waals surface area contributed by atoms with E-state index in [-0.39, 0.29) is 5.92 Å². The fourth-order valence-corrected chi connectivity index (χ4v) is 5.05. The Morgan fingerprint density at radius 1 is 1.24 bits per heavy atom. The zero-order chi connectivity index (χ0) is 26.7. The van der Waals surface area contributed by atoms with Gasteiger partial charge in [0.15, 0.2) is 5.82 Å². The van der Waals surface area contributed by atoms with Crippen molar-refractivity contribution in [1.29, 1.82) is 0 Å². The van der Waals surface area contributed by atoms with E-state index >= 15 is 0 Å². The summed E-state index contributed by atoms with van der Waals surface area (Å²) in [5.74, 6) is 2.78. The van der Waals surface area contributed by atoms with Crippen molar-refractivity contribution < 1.29 is 23.8 Å². The number of amides is 1. The Kier molecular flexibility index (Phi) is 7.91. The third kappa shape index (κ3) is 5.82. The molecule has 3 heterocycles. The number of carbonyl (C=O) groups is 2. The van der Waals surface area contributed by atoms with Gasteiger partial charge < -0.3 is 24.3 Å². The number of nitrogens with zero attached hydrogens (tertiary/aromatic N) is 4. The normalized spacial score (nSPS) is 17.9. The van der Waals surface area contributed by atoms with Crippen LogP contribution in [0.4, 0.5) is 10.6 Å². The number of aldehydes is 1. The van der Waals surface area contributed by atoms with Crippen molar-refractivity contribution in [2.45, 2.75) is 57.7 Å². The lowest BCUT2D eigenvalue weighted by molar-refractivity contribution is -0.113. The molecule has 1 fully saturated rings. The van der Waals surface area contributed by atoms with Crippen molar-refractivity contribution >= 4 is 39.6 Å². The molecule has 2 atom stereocenters. The highest BCUT2D eigenvalue weighted by Gasteiger charge is 2.36. The maximum Gasteiger partial charge on any atom is 0.410 e. The summed E-state index contributed by atoms with van der Waals surface area (Å²) in [6, 6.07) is 5.15. The van der Waals surface area contributed by atoms with Gasteiger partial charge >= 0.3 is 6.09 Å². The molecule has 0 radical (unpaired) electrons. The number of rotatable bonds is 7. The largest absolute Gasteiger partial charge is 0.497 e. The van der Waals surface area contributed by atoms with Crippen LogP contribution in [0.3, 0.4) is 0 Å². The Balaban J connectivity index is 1.60. The van der Waals surface area contributed by atoms with Gasteiger partial charge in [-0.05, 0) is 61.7 Å². The van der Waals surface area contributed by atoms with Gasteiger partial charge in [-0.2, -0.15) is 0 Å². The number of methoxy groups -OCH3 is 2. The topological polar surface area (TPSA) is 107 Å². The van der Waals surface area contributed by atoms with Crippen LogP contribution in [0.2, 0.25) is 0 Å². The van der Waals surface area contributed by atoms with Gasteiger partial charge in [0.1, 0.15) is 39.3 Å². The van der Waals surface area contributed by atoms with Gasteiger partial charge in [-0.1, -0.05) is 0 Å². The molecule has 198 valence electrons. The number of carbonyl (C=O) groups excluding carboxylic acids is 2. The Hall–Kier alpha value is -3.34. The Bertz CT molecular complexity index is 1290. The van der Waals surface area contributed by atoms with Crippen molar-refractivity contribution in [3.8, 4) is 11.5 Å². The van der Waals surface area contributed by atoms with Crippen LogP contribution < -0.4 is 14.8 Å². The van der Waals surface area contributed by atoms with E-state index in [0.717, 1.165) is 23.2 Å². The first-order valence-electron chi connectivity index (χ1n) is 12.1. The third-order valence-electron chi connectivity index (χ3n) is 6.26. The van der Waals surface area contributed by atoms with E-state index < -0.39 is 17.7 Å². The first-order chi connectivity index (χ1) is 17.6. The number of halogens is 1. The number of fused-ring (bicyclic) bond motifs is 1. The van der Waals surface area contributed by atoms with Crippen molar-refractivity contribution in [2.24, 2.45) is 0 Å². The van der Waals surface area contributed by atoms with Crippen LogP contribution in [0, 0.1) is 0 Å². The summed E-state index contributed by atoms with van der Waals surface area (Å²) < 4.78 is 19.0. The number of benzene rings is 1. The smallest absolute Gasteiger partial charge is 0.410 e. The number of likely N-dealkylation sites (tertiary alicyclic amines) is 1. The zero-order valence-corrected chi connectivity index (χ0v) is 23.2. The number of imidazole rings is 1. The molecule has 37 heavy (non-hydrogen) atoms. The van der Waals surface area contributed by atoms with E-state index in [4.69, 9.17) is 19.2 Å². The fraction of sp³-hybridized carbons (Fsp3) is 0.462. The number of hydrogen-bond acceptors (Lipinski definition) is 8. The lowest BCUT2D eigenvalue weighted by Crippen LogP contribution is -2.49. The second-order valence-electron chi connectivity index (χ2n) is 9.90. The molecule has 1 N–H and O–H groups in total. The van der Waals surface area contributed by atoms with Gasteiger partial charge in [0.2, 0.25) is 0 Å². The molecular weight excluding hydrogens is 542 g/mol. The van der Waals surface area contributed by atoms with Crippen LogP contribution in [0.5, 0.6) is 11.5 Å². The fourth-order valence-electron chi connectivity index (χ4n) is 4.49. The van der Waals surface area contributed by atoms with Crippen LogP contribution in [0.15, 0.2) is 35.2 Å². The first-order valence-corrected chi connectivity index (χ1v) is 12.9. The summed E-state index contributed by atoms with van der Waals surface area (Å²) in [5, 5.41) is 3.39. The molecule has 0 bridgehead atoms. The minimum absolute atomic E-state index is 0.0838. The summed E-state index contributed by atoms with van der Waals surface area (Å²) in [5.41, 5.74) is 1.08. The van der Waals surface area contributed by atoms with E-state index in [1.807, 2.05) is 49.6 Å². The molecule has 1 saturated heterocycles. The minimum atomic E-state index is -0.653. The molecule has 0 aliphatic carbocycles. The number of aromatic nitrogens is 3. The Morgan fingerprint density at radius 3 is 2.70 bits per heavy atom. The SMILES string of the molecule is COc1ccc(CNc2nccn3c([C@@H]4CC[C@@H](C=O)N(C(=O)OC(C)(C)C)C4)nc(Br)c23)c(OC)c1. The number of piperidine rings is 1. The molecule has 0 spiro atoms. The quantitative estimate of drug-likeness (QED) is 0.401. The van der Waals surface area contributed by atoms with Crippen LogP contribution in [-0.2, 0) is 16.1 Å². The van der Waals surface area contributed by atoms with Crippen LogP contribution in [-0.4, -0.2) is 64.1 Å². The maximum atomic E-state index is 12.9. The van der Waals surface area contributed by atoms with Crippen molar-refractivity contribution in [1.82, 2.24) is 19.3 Å². The Labute approximate surface area is 224 Å². The monoisotopic (exact) mass is 573 g/mol. The van der Waals surface area contributed by atoms with E-state index in [2.05, 4.69) is 26.2 Å². The summed E-state index contributed by atoms with van der Waals surface area (Å²) in [6.07, 6.45) is 5.13.